The van der Waals surface area contributed by atoms with E-state index in [1.165, 1.54) is 19.3 Å². The molecule has 2 atom stereocenters. The van der Waals surface area contributed by atoms with E-state index in [1.54, 1.807) is 6.08 Å². The Morgan fingerprint density at radius 2 is 1.76 bits per heavy atom. The number of para-hydroxylation sites is 2. The summed E-state index contributed by atoms with van der Waals surface area (Å²) in [4.78, 5) is 29.6. The molecular weight excluding hydrogens is 478 g/mol. The molecule has 2 aromatic rings. The molecule has 0 spiro atoms. The lowest BCUT2D eigenvalue weighted by molar-refractivity contribution is -0.0520. The third kappa shape index (κ3) is 10.1. The Balaban J connectivity index is 1.47. The summed E-state index contributed by atoms with van der Waals surface area (Å²) in [5, 5.41) is 3.02. The van der Waals surface area contributed by atoms with Gasteiger partial charge in [-0.1, -0.05) is 69.0 Å². The highest BCUT2D eigenvalue weighted by molar-refractivity contribution is 5.89. The van der Waals surface area contributed by atoms with Crippen LogP contribution in [-0.4, -0.2) is 48.9 Å². The monoisotopic (exact) mass is 521 g/mol. The van der Waals surface area contributed by atoms with Crippen molar-refractivity contribution in [1.29, 1.82) is 0 Å². The molecule has 0 radical (unpaired) electrons. The molecule has 7 nitrogen and oxygen atoms in total. The molecule has 2 aromatic carbocycles. The first-order valence-electron chi connectivity index (χ1n) is 14.1. The zero-order valence-electron chi connectivity index (χ0n) is 23.0. The number of benzene rings is 2. The maximum absolute atomic E-state index is 13.0. The molecule has 0 aliphatic heterocycles. The number of amides is 2. The van der Waals surface area contributed by atoms with Crippen LogP contribution in [0.3, 0.4) is 0 Å². The second-order valence-corrected chi connectivity index (χ2v) is 10.1. The molecule has 2 amide bonds. The molecule has 206 valence electrons. The number of carbonyl (C=O) groups excluding carboxylic acids is 2. The van der Waals surface area contributed by atoms with E-state index in [1.807, 2.05) is 60.4 Å². The first-order chi connectivity index (χ1) is 18.6. The van der Waals surface area contributed by atoms with Gasteiger partial charge >= 0.3 is 6.03 Å². The van der Waals surface area contributed by atoms with Crippen molar-refractivity contribution in [2.45, 2.75) is 90.4 Å². The smallest absolute Gasteiger partial charge is 0.321 e. The molecule has 1 saturated carbocycles. The number of urea groups is 1. The van der Waals surface area contributed by atoms with Crippen LogP contribution in [0.25, 0.3) is 0 Å². The van der Waals surface area contributed by atoms with Crippen molar-refractivity contribution in [3.05, 3.63) is 59.7 Å². The van der Waals surface area contributed by atoms with Crippen LogP contribution in [-0.2, 0) is 20.9 Å². The van der Waals surface area contributed by atoms with Gasteiger partial charge in [0.1, 0.15) is 0 Å². The average Bonchev–Trinajstić information content (AvgIpc) is 2.93. The summed E-state index contributed by atoms with van der Waals surface area (Å²) >= 11 is 0. The van der Waals surface area contributed by atoms with Gasteiger partial charge in [0.2, 0.25) is 6.08 Å². The fraction of sp³-hybridized carbons (Fsp3) is 0.548. The minimum absolute atomic E-state index is 0.0768. The lowest BCUT2D eigenvalue weighted by Gasteiger charge is -2.30. The summed E-state index contributed by atoms with van der Waals surface area (Å²) in [6, 6.07) is 15.3. The Morgan fingerprint density at radius 1 is 1.00 bits per heavy atom. The van der Waals surface area contributed by atoms with E-state index in [9.17, 15) is 9.59 Å². The number of nitrogens with one attached hydrogen (secondary N) is 1. The Labute approximate surface area is 227 Å². The molecule has 0 aromatic heterocycles. The molecule has 38 heavy (non-hydrogen) atoms. The van der Waals surface area contributed by atoms with Gasteiger partial charge in [-0.2, -0.15) is 4.99 Å². The molecule has 0 unspecified atom stereocenters. The molecule has 1 aliphatic carbocycles. The molecule has 0 bridgehead atoms. The summed E-state index contributed by atoms with van der Waals surface area (Å²) in [5.74, 6) is 0. The summed E-state index contributed by atoms with van der Waals surface area (Å²) in [7, 11) is 0. The molecule has 3 rings (SSSR count). The van der Waals surface area contributed by atoms with Gasteiger partial charge < -0.3 is 19.7 Å². The Hall–Kier alpha value is -2.99. The van der Waals surface area contributed by atoms with Gasteiger partial charge in [0.05, 0.1) is 31.1 Å². The largest absolute Gasteiger partial charge is 0.376 e. The van der Waals surface area contributed by atoms with Crippen molar-refractivity contribution in [3.63, 3.8) is 0 Å². The van der Waals surface area contributed by atoms with E-state index < -0.39 is 0 Å². The van der Waals surface area contributed by atoms with Gasteiger partial charge in [0.15, 0.2) is 0 Å². The maximum atomic E-state index is 13.0. The molecule has 7 heteroatoms. The lowest BCUT2D eigenvalue weighted by atomic mass is 9.95. The fourth-order valence-corrected chi connectivity index (χ4v) is 4.93. The summed E-state index contributed by atoms with van der Waals surface area (Å²) < 4.78 is 12.5. The first-order valence-corrected chi connectivity index (χ1v) is 14.1. The van der Waals surface area contributed by atoms with Crippen molar-refractivity contribution < 1.29 is 19.1 Å². The van der Waals surface area contributed by atoms with Crippen LogP contribution in [0.5, 0.6) is 0 Å². The minimum atomic E-state index is -0.0768. The zero-order valence-corrected chi connectivity index (χ0v) is 23.0. The van der Waals surface area contributed by atoms with Crippen LogP contribution in [0.15, 0.2) is 53.5 Å². The van der Waals surface area contributed by atoms with Crippen LogP contribution < -0.4 is 5.32 Å². The summed E-state index contributed by atoms with van der Waals surface area (Å²) in [5.41, 5.74) is 3.29. The number of carbonyl (C=O) groups is 1. The van der Waals surface area contributed by atoms with Crippen LogP contribution in [0.1, 0.15) is 75.8 Å². The first kappa shape index (κ1) is 29.6. The number of hydrogen-bond donors (Lipinski definition) is 1. The lowest BCUT2D eigenvalue weighted by Crippen LogP contribution is -2.39. The van der Waals surface area contributed by atoms with Gasteiger partial charge in [0, 0.05) is 24.3 Å². The van der Waals surface area contributed by atoms with Gasteiger partial charge in [-0.25, -0.2) is 9.59 Å². The highest BCUT2D eigenvalue weighted by Crippen LogP contribution is 2.28. The topological polar surface area (TPSA) is 80.2 Å². The molecule has 1 aliphatic rings. The van der Waals surface area contributed by atoms with Crippen LogP contribution in [0.4, 0.5) is 16.2 Å². The third-order valence-corrected chi connectivity index (χ3v) is 7.09. The fourth-order valence-electron chi connectivity index (χ4n) is 4.93. The van der Waals surface area contributed by atoms with Crippen molar-refractivity contribution in [1.82, 2.24) is 4.90 Å². The molecule has 1 N–H and O–H groups in total. The van der Waals surface area contributed by atoms with Crippen LogP contribution >= 0.6 is 0 Å². The zero-order chi connectivity index (χ0) is 27.0. The number of hydrogen-bond acceptors (Lipinski definition) is 5. The highest BCUT2D eigenvalue weighted by Gasteiger charge is 2.24. The number of ether oxygens (including phenoxy) is 2. The molecule has 1 fully saturated rings. The quantitative estimate of drug-likeness (QED) is 0.151. The predicted molar refractivity (Wildman–Crippen MR) is 152 cm³/mol. The highest BCUT2D eigenvalue weighted by atomic mass is 16.5. The van der Waals surface area contributed by atoms with Gasteiger partial charge in [0.25, 0.3) is 0 Å². The van der Waals surface area contributed by atoms with Crippen molar-refractivity contribution in [2.24, 2.45) is 4.99 Å². The Bertz CT molecular complexity index is 1020. The number of isocyanates is 1. The number of rotatable bonds is 15. The molecule has 0 heterocycles. The summed E-state index contributed by atoms with van der Waals surface area (Å²) in [6.07, 6.45) is 11.5. The molecule has 0 saturated heterocycles. The van der Waals surface area contributed by atoms with Crippen molar-refractivity contribution >= 4 is 23.5 Å². The van der Waals surface area contributed by atoms with E-state index in [0.717, 1.165) is 61.9 Å². The van der Waals surface area contributed by atoms with Gasteiger partial charge in [-0.3, -0.25) is 0 Å². The second kappa shape index (κ2) is 16.8. The van der Waals surface area contributed by atoms with Gasteiger partial charge in [-0.15, -0.1) is 0 Å². The van der Waals surface area contributed by atoms with E-state index in [2.05, 4.69) is 17.2 Å². The van der Waals surface area contributed by atoms with Gasteiger partial charge in [-0.05, 0) is 56.7 Å². The maximum Gasteiger partial charge on any atom is 0.321 e. The van der Waals surface area contributed by atoms with Crippen molar-refractivity contribution in [3.8, 4) is 0 Å². The summed E-state index contributed by atoms with van der Waals surface area (Å²) in [6.45, 7) is 6.34. The number of aliphatic imine (C=N–C) groups is 1. The number of nitrogens with zero attached hydrogens (tertiary/aromatic N) is 2. The minimum Gasteiger partial charge on any atom is -0.376 e. The predicted octanol–water partition coefficient (Wildman–Crippen LogP) is 7.31. The van der Waals surface area contributed by atoms with E-state index in [0.29, 0.717) is 25.4 Å². The number of aryl methyl sites for hydroxylation is 1. The molecular formula is C31H43N3O4. The van der Waals surface area contributed by atoms with E-state index >= 15 is 0 Å². The Morgan fingerprint density at radius 3 is 2.53 bits per heavy atom. The SMILES string of the molecule is CCCCCCCN(CCO[C@H]1CCC[C@@H](OCc2cccc(C)c2N=C=O)C1)C(=O)Nc1ccccc1. The number of unbranched alkanes of at least 4 members (excludes halogenated alkanes) is 4. The second-order valence-electron chi connectivity index (χ2n) is 10.1. The normalized spacial score (nSPS) is 17.0. The van der Waals surface area contributed by atoms with Crippen molar-refractivity contribution in [2.75, 3.05) is 25.0 Å². The Kier molecular flexibility index (Phi) is 13.0. The van der Waals surface area contributed by atoms with Crippen LogP contribution in [0, 0.1) is 6.92 Å². The third-order valence-electron chi connectivity index (χ3n) is 7.09. The number of anilines is 1. The van der Waals surface area contributed by atoms with E-state index in [-0.39, 0.29) is 18.2 Å². The van der Waals surface area contributed by atoms with Crippen LogP contribution in [0.2, 0.25) is 0 Å². The average molecular weight is 522 g/mol. The van der Waals surface area contributed by atoms with E-state index in [4.69, 9.17) is 9.47 Å². The standard InChI is InChI=1S/C31H43N3O4/c1-3-4-5-6-10-19-34(31(36)33-27-15-8-7-9-16-27)20-21-37-28-17-12-18-29(22-28)38-23-26-14-11-13-25(2)30(26)32-24-35/h7-9,11,13-16,28-29H,3-6,10,12,17-23H2,1-2H3,(H,33,36)/t28-,29+/m0/s1.